The lowest BCUT2D eigenvalue weighted by Gasteiger charge is -2.38. The Morgan fingerprint density at radius 3 is 2.78 bits per heavy atom. The smallest absolute Gasteiger partial charge is 0.316 e. The zero-order chi connectivity index (χ0) is 22.2. The van der Waals surface area contributed by atoms with Gasteiger partial charge in [-0.2, -0.15) is 4.98 Å². The SMILES string of the molecule is COc1ncc2c(N3C[C@@H](C)N[C@H](C)C3)ccc(C(=O)Nc3ccc4scnc4c3)c2n1. The van der Waals surface area contributed by atoms with Gasteiger partial charge in [0, 0.05) is 48.1 Å². The van der Waals surface area contributed by atoms with Crippen LogP contribution in [0.25, 0.3) is 21.1 Å². The van der Waals surface area contributed by atoms with E-state index in [2.05, 4.69) is 44.3 Å². The van der Waals surface area contributed by atoms with Crippen LogP contribution in [0.1, 0.15) is 24.2 Å². The number of thiazole rings is 1. The normalized spacial score (nSPS) is 18.8. The standard InChI is InChI=1S/C23H24N6O2S/c1-13-10-29(11-14(2)26-13)19-6-5-16(21-17(19)9-24-23(28-21)31-3)22(30)27-15-4-7-20-18(8-15)25-12-32-20/h4-9,12-14,26H,10-11H2,1-3H3,(H,27,30)/t13-,14-/m1/s1. The van der Waals surface area contributed by atoms with Crippen LogP contribution in [0.4, 0.5) is 11.4 Å². The topological polar surface area (TPSA) is 92.3 Å². The van der Waals surface area contributed by atoms with Crippen molar-refractivity contribution in [3.05, 3.63) is 47.6 Å². The number of nitrogens with one attached hydrogen (secondary N) is 2. The van der Waals surface area contributed by atoms with Gasteiger partial charge >= 0.3 is 6.01 Å². The molecule has 1 saturated heterocycles. The first-order valence-electron chi connectivity index (χ1n) is 10.5. The highest BCUT2D eigenvalue weighted by Gasteiger charge is 2.24. The molecule has 0 radical (unpaired) electrons. The molecule has 8 nitrogen and oxygen atoms in total. The number of rotatable bonds is 4. The number of ether oxygens (including phenoxy) is 1. The fourth-order valence-corrected chi connectivity index (χ4v) is 4.96. The first-order valence-corrected chi connectivity index (χ1v) is 11.4. The average Bonchev–Trinajstić information content (AvgIpc) is 3.25. The van der Waals surface area contributed by atoms with Crippen molar-refractivity contribution in [2.45, 2.75) is 25.9 Å². The highest BCUT2D eigenvalue weighted by Crippen LogP contribution is 2.31. The number of methoxy groups -OCH3 is 1. The number of fused-ring (bicyclic) bond motifs is 2. The molecule has 0 spiro atoms. The van der Waals surface area contributed by atoms with E-state index in [1.54, 1.807) is 23.0 Å². The highest BCUT2D eigenvalue weighted by atomic mass is 32.1. The Balaban J connectivity index is 1.54. The van der Waals surface area contributed by atoms with Gasteiger partial charge in [0.2, 0.25) is 0 Å². The molecule has 4 aromatic rings. The maximum Gasteiger partial charge on any atom is 0.316 e. The van der Waals surface area contributed by atoms with Gasteiger partial charge in [-0.25, -0.2) is 9.97 Å². The van der Waals surface area contributed by atoms with Gasteiger partial charge in [-0.1, -0.05) is 0 Å². The van der Waals surface area contributed by atoms with Crippen LogP contribution in [0.15, 0.2) is 42.0 Å². The van der Waals surface area contributed by atoms with Gasteiger partial charge in [-0.05, 0) is 44.2 Å². The summed E-state index contributed by atoms with van der Waals surface area (Å²) in [5, 5.41) is 7.36. The second kappa shape index (κ2) is 8.33. The number of anilines is 2. The third kappa shape index (κ3) is 3.85. The van der Waals surface area contributed by atoms with E-state index in [-0.39, 0.29) is 11.9 Å². The van der Waals surface area contributed by atoms with Gasteiger partial charge in [0.25, 0.3) is 5.91 Å². The largest absolute Gasteiger partial charge is 0.467 e. The molecule has 0 unspecified atom stereocenters. The summed E-state index contributed by atoms with van der Waals surface area (Å²) in [6.07, 6.45) is 1.74. The van der Waals surface area contributed by atoms with Crippen molar-refractivity contribution in [2.75, 3.05) is 30.4 Å². The van der Waals surface area contributed by atoms with Crippen LogP contribution < -0.4 is 20.3 Å². The number of piperazine rings is 1. The average molecular weight is 449 g/mol. The van der Waals surface area contributed by atoms with Crippen molar-refractivity contribution in [3.63, 3.8) is 0 Å². The second-order valence-electron chi connectivity index (χ2n) is 8.11. The third-order valence-electron chi connectivity index (χ3n) is 5.62. The van der Waals surface area contributed by atoms with Crippen LogP contribution in [0.3, 0.4) is 0 Å². The molecule has 2 N–H and O–H groups in total. The number of benzene rings is 2. The Hall–Kier alpha value is -3.30. The fourth-order valence-electron chi connectivity index (χ4n) is 4.30. The summed E-state index contributed by atoms with van der Waals surface area (Å²) in [4.78, 5) is 28.7. The van der Waals surface area contributed by atoms with E-state index >= 15 is 0 Å². The zero-order valence-electron chi connectivity index (χ0n) is 18.1. The summed E-state index contributed by atoms with van der Waals surface area (Å²) in [7, 11) is 1.52. The molecule has 1 amide bonds. The highest BCUT2D eigenvalue weighted by molar-refractivity contribution is 7.16. The maximum absolute atomic E-state index is 13.2. The van der Waals surface area contributed by atoms with Crippen molar-refractivity contribution in [1.29, 1.82) is 0 Å². The minimum atomic E-state index is -0.237. The van der Waals surface area contributed by atoms with E-state index < -0.39 is 0 Å². The number of aromatic nitrogens is 3. The Bertz CT molecular complexity index is 1300. The van der Waals surface area contributed by atoms with Gasteiger partial charge in [0.05, 0.1) is 33.9 Å². The van der Waals surface area contributed by atoms with Gasteiger partial charge in [0.15, 0.2) is 0 Å². The lowest BCUT2D eigenvalue weighted by molar-refractivity contribution is 0.102. The van der Waals surface area contributed by atoms with Gasteiger partial charge in [-0.3, -0.25) is 4.79 Å². The molecule has 2 aromatic carbocycles. The van der Waals surface area contributed by atoms with Gasteiger partial charge < -0.3 is 20.3 Å². The Labute approximate surface area is 189 Å². The number of amides is 1. The molecule has 164 valence electrons. The molecule has 3 heterocycles. The number of hydrogen-bond acceptors (Lipinski definition) is 8. The fraction of sp³-hybridized carbons (Fsp3) is 0.304. The van der Waals surface area contributed by atoms with Gasteiger partial charge in [-0.15, -0.1) is 11.3 Å². The van der Waals surface area contributed by atoms with Crippen molar-refractivity contribution < 1.29 is 9.53 Å². The van der Waals surface area contributed by atoms with E-state index in [1.165, 1.54) is 7.11 Å². The van der Waals surface area contributed by atoms with Crippen molar-refractivity contribution in [1.82, 2.24) is 20.3 Å². The third-order valence-corrected chi connectivity index (χ3v) is 6.43. The van der Waals surface area contributed by atoms with E-state index in [0.29, 0.717) is 28.9 Å². The minimum Gasteiger partial charge on any atom is -0.467 e. The summed E-state index contributed by atoms with van der Waals surface area (Å²) >= 11 is 1.57. The first kappa shape index (κ1) is 20.6. The molecule has 0 bridgehead atoms. The molecule has 5 rings (SSSR count). The van der Waals surface area contributed by atoms with Crippen LogP contribution in [0.5, 0.6) is 6.01 Å². The van der Waals surface area contributed by atoms with Crippen LogP contribution >= 0.6 is 11.3 Å². The monoisotopic (exact) mass is 448 g/mol. The van der Waals surface area contributed by atoms with Crippen molar-refractivity contribution in [2.24, 2.45) is 0 Å². The molecule has 2 aromatic heterocycles. The number of carbonyl (C=O) groups excluding carboxylic acids is 1. The second-order valence-corrected chi connectivity index (χ2v) is 9.00. The lowest BCUT2D eigenvalue weighted by atomic mass is 10.0. The molecule has 9 heteroatoms. The molecule has 32 heavy (non-hydrogen) atoms. The van der Waals surface area contributed by atoms with E-state index in [4.69, 9.17) is 4.74 Å². The molecular formula is C23H24N6O2S. The number of carbonyl (C=O) groups is 1. The predicted octanol–water partition coefficient (Wildman–Crippen LogP) is 3.69. The lowest BCUT2D eigenvalue weighted by Crippen LogP contribution is -2.54. The van der Waals surface area contributed by atoms with E-state index in [0.717, 1.165) is 34.4 Å². The zero-order valence-corrected chi connectivity index (χ0v) is 18.9. The molecule has 1 fully saturated rings. The Kier molecular flexibility index (Phi) is 5.36. The molecular weight excluding hydrogens is 424 g/mol. The molecule has 0 saturated carbocycles. The van der Waals surface area contributed by atoms with Crippen molar-refractivity contribution in [3.8, 4) is 6.01 Å². The summed E-state index contributed by atoms with van der Waals surface area (Å²) in [5.74, 6) is -0.237. The van der Waals surface area contributed by atoms with Gasteiger partial charge in [0.1, 0.15) is 0 Å². The quantitative estimate of drug-likeness (QED) is 0.492. The van der Waals surface area contributed by atoms with E-state index in [1.807, 2.05) is 30.3 Å². The molecule has 0 aliphatic carbocycles. The summed E-state index contributed by atoms with van der Waals surface area (Å²) in [6, 6.07) is 10.5. The number of nitrogens with zero attached hydrogens (tertiary/aromatic N) is 4. The molecule has 2 atom stereocenters. The summed E-state index contributed by atoms with van der Waals surface area (Å²) < 4.78 is 6.33. The van der Waals surface area contributed by atoms with Crippen LogP contribution in [-0.2, 0) is 0 Å². The van der Waals surface area contributed by atoms with Crippen LogP contribution in [-0.4, -0.2) is 53.1 Å². The predicted molar refractivity (Wildman–Crippen MR) is 128 cm³/mol. The molecule has 1 aliphatic heterocycles. The number of hydrogen-bond donors (Lipinski definition) is 2. The Morgan fingerprint density at radius 2 is 2.00 bits per heavy atom. The summed E-state index contributed by atoms with van der Waals surface area (Å²) in [5.41, 5.74) is 5.40. The van der Waals surface area contributed by atoms with Crippen LogP contribution in [0, 0.1) is 0 Å². The molecule has 1 aliphatic rings. The maximum atomic E-state index is 13.2. The van der Waals surface area contributed by atoms with Crippen LogP contribution in [0.2, 0.25) is 0 Å². The Morgan fingerprint density at radius 1 is 1.19 bits per heavy atom. The van der Waals surface area contributed by atoms with E-state index in [9.17, 15) is 4.79 Å². The first-order chi connectivity index (χ1) is 15.5. The summed E-state index contributed by atoms with van der Waals surface area (Å²) in [6.45, 7) is 6.08. The minimum absolute atomic E-state index is 0.231. The van der Waals surface area contributed by atoms with Crippen molar-refractivity contribution >= 4 is 49.7 Å².